The fraction of sp³-hybridized carbons (Fsp3) is 0.0714. The molecule has 0 radical (unpaired) electrons. The van der Waals surface area contributed by atoms with Crippen molar-refractivity contribution < 1.29 is 9.18 Å². The Balaban J connectivity index is 2.49. The van der Waals surface area contributed by atoms with Crippen LogP contribution in [0.3, 0.4) is 0 Å². The Morgan fingerprint density at radius 3 is 2.21 bits per heavy atom. The second-order valence-corrected chi connectivity index (χ2v) is 4.97. The number of hydrogen-bond acceptors (Lipinski definition) is 1. The molecular formula is C14H8Cl3FO. The monoisotopic (exact) mass is 316 g/mol. The van der Waals surface area contributed by atoms with Gasteiger partial charge in [0.1, 0.15) is 5.82 Å². The average Bonchev–Trinajstić information content (AvgIpc) is 2.41. The second-order valence-electron chi connectivity index (χ2n) is 3.89. The van der Waals surface area contributed by atoms with Gasteiger partial charge in [-0.05, 0) is 42.0 Å². The third kappa shape index (κ3) is 3.08. The molecule has 19 heavy (non-hydrogen) atoms. The zero-order valence-corrected chi connectivity index (χ0v) is 11.9. The summed E-state index contributed by atoms with van der Waals surface area (Å²) in [5, 5.41) is 0.619. The van der Waals surface area contributed by atoms with E-state index in [1.54, 1.807) is 6.07 Å². The van der Waals surface area contributed by atoms with E-state index in [1.807, 2.05) is 0 Å². The number of benzene rings is 2. The Morgan fingerprint density at radius 2 is 1.63 bits per heavy atom. The van der Waals surface area contributed by atoms with Gasteiger partial charge in [-0.3, -0.25) is 4.79 Å². The van der Waals surface area contributed by atoms with Gasteiger partial charge in [0.2, 0.25) is 0 Å². The lowest BCUT2D eigenvalue weighted by atomic mass is 9.99. The molecular weight excluding hydrogens is 310 g/mol. The van der Waals surface area contributed by atoms with Crippen molar-refractivity contribution in [2.45, 2.75) is 5.88 Å². The molecule has 0 aromatic heterocycles. The van der Waals surface area contributed by atoms with Crippen LogP contribution in [0.15, 0.2) is 36.4 Å². The summed E-state index contributed by atoms with van der Waals surface area (Å²) >= 11 is 17.6. The largest absolute Gasteiger partial charge is 0.289 e. The van der Waals surface area contributed by atoms with Gasteiger partial charge in [-0.15, -0.1) is 11.6 Å². The molecule has 0 aliphatic rings. The number of ketones is 1. The second kappa shape index (κ2) is 5.91. The standard InChI is InChI=1S/C14H8Cl3FO/c15-7-9-5-12(16)13(17)6-11(9)14(19)8-1-3-10(18)4-2-8/h1-6H,7H2. The lowest BCUT2D eigenvalue weighted by molar-refractivity contribution is 0.103. The van der Waals surface area contributed by atoms with Crippen LogP contribution in [0.2, 0.25) is 10.0 Å². The third-order valence-electron chi connectivity index (χ3n) is 2.64. The Bertz CT molecular complexity index is 623. The van der Waals surface area contributed by atoms with Crippen LogP contribution in [-0.2, 0) is 5.88 Å². The minimum Gasteiger partial charge on any atom is -0.289 e. The highest BCUT2D eigenvalue weighted by Crippen LogP contribution is 2.28. The maximum atomic E-state index is 12.8. The minimum absolute atomic E-state index is 0.138. The van der Waals surface area contributed by atoms with Gasteiger partial charge in [-0.2, -0.15) is 0 Å². The molecule has 0 aliphatic heterocycles. The normalized spacial score (nSPS) is 10.5. The summed E-state index contributed by atoms with van der Waals surface area (Å²) < 4.78 is 12.8. The number of hydrogen-bond donors (Lipinski definition) is 0. The molecule has 1 nitrogen and oxygen atoms in total. The van der Waals surface area contributed by atoms with Gasteiger partial charge in [-0.1, -0.05) is 23.2 Å². The van der Waals surface area contributed by atoms with Crippen molar-refractivity contribution in [2.24, 2.45) is 0 Å². The highest BCUT2D eigenvalue weighted by molar-refractivity contribution is 6.42. The quantitative estimate of drug-likeness (QED) is 0.568. The van der Waals surface area contributed by atoms with Crippen LogP contribution in [0.25, 0.3) is 0 Å². The fourth-order valence-electron chi connectivity index (χ4n) is 1.67. The topological polar surface area (TPSA) is 17.1 Å². The Kier molecular flexibility index (Phi) is 4.46. The molecule has 0 bridgehead atoms. The molecule has 2 aromatic carbocycles. The summed E-state index contributed by atoms with van der Waals surface area (Å²) in [5.41, 5.74) is 1.33. The van der Waals surface area contributed by atoms with Crippen molar-refractivity contribution in [3.63, 3.8) is 0 Å². The van der Waals surface area contributed by atoms with E-state index in [2.05, 4.69) is 0 Å². The number of halogens is 4. The highest BCUT2D eigenvalue weighted by Gasteiger charge is 2.15. The number of alkyl halides is 1. The van der Waals surface area contributed by atoms with Gasteiger partial charge in [0.05, 0.1) is 10.0 Å². The van der Waals surface area contributed by atoms with Crippen molar-refractivity contribution >= 4 is 40.6 Å². The molecule has 2 aromatic rings. The van der Waals surface area contributed by atoms with Crippen LogP contribution in [0.1, 0.15) is 21.5 Å². The molecule has 0 atom stereocenters. The molecule has 5 heteroatoms. The fourth-order valence-corrected chi connectivity index (χ4v) is 2.24. The molecule has 0 heterocycles. The van der Waals surface area contributed by atoms with E-state index >= 15 is 0 Å². The van der Waals surface area contributed by atoms with E-state index in [1.165, 1.54) is 30.3 Å². The predicted molar refractivity (Wildman–Crippen MR) is 75.9 cm³/mol. The molecule has 0 aliphatic carbocycles. The van der Waals surface area contributed by atoms with Crippen LogP contribution in [-0.4, -0.2) is 5.78 Å². The summed E-state index contributed by atoms with van der Waals surface area (Å²) in [6, 6.07) is 8.33. The molecule has 0 saturated carbocycles. The zero-order valence-electron chi connectivity index (χ0n) is 9.59. The number of carbonyl (C=O) groups excluding carboxylic acids is 1. The molecule has 0 unspecified atom stereocenters. The van der Waals surface area contributed by atoms with E-state index in [0.717, 1.165) is 0 Å². The van der Waals surface area contributed by atoms with Crippen LogP contribution >= 0.6 is 34.8 Å². The molecule has 0 spiro atoms. The first-order chi connectivity index (χ1) is 9.02. The first-order valence-electron chi connectivity index (χ1n) is 5.37. The number of carbonyl (C=O) groups is 1. The predicted octanol–water partition coefficient (Wildman–Crippen LogP) is 5.10. The maximum absolute atomic E-state index is 12.8. The van der Waals surface area contributed by atoms with Crippen LogP contribution in [0.5, 0.6) is 0 Å². The minimum atomic E-state index is -0.400. The smallest absolute Gasteiger partial charge is 0.193 e. The maximum Gasteiger partial charge on any atom is 0.193 e. The summed E-state index contributed by atoms with van der Waals surface area (Å²) in [6.07, 6.45) is 0. The molecule has 0 saturated heterocycles. The van der Waals surface area contributed by atoms with Gasteiger partial charge >= 0.3 is 0 Å². The van der Waals surface area contributed by atoms with Crippen LogP contribution in [0, 0.1) is 5.82 Å². The Morgan fingerprint density at radius 1 is 1.05 bits per heavy atom. The van der Waals surface area contributed by atoms with Crippen molar-refractivity contribution in [3.05, 3.63) is 69.0 Å². The first kappa shape index (κ1) is 14.3. The molecule has 0 fully saturated rings. The third-order valence-corrected chi connectivity index (χ3v) is 3.65. The van der Waals surface area contributed by atoms with Crippen LogP contribution < -0.4 is 0 Å². The summed E-state index contributed by atoms with van der Waals surface area (Å²) in [6.45, 7) is 0. The Labute approximate surface area is 124 Å². The lowest BCUT2D eigenvalue weighted by Crippen LogP contribution is -2.05. The summed E-state index contributed by atoms with van der Waals surface area (Å²) in [7, 11) is 0. The van der Waals surface area contributed by atoms with Crippen molar-refractivity contribution in [2.75, 3.05) is 0 Å². The molecule has 0 N–H and O–H groups in total. The van der Waals surface area contributed by atoms with E-state index in [4.69, 9.17) is 34.8 Å². The summed E-state index contributed by atoms with van der Waals surface area (Å²) in [5.74, 6) is -0.531. The van der Waals surface area contributed by atoms with E-state index < -0.39 is 5.82 Å². The molecule has 0 amide bonds. The van der Waals surface area contributed by atoms with E-state index in [0.29, 0.717) is 21.7 Å². The van der Waals surface area contributed by atoms with Crippen molar-refractivity contribution in [1.82, 2.24) is 0 Å². The van der Waals surface area contributed by atoms with Crippen molar-refractivity contribution in [3.8, 4) is 0 Å². The molecule has 2 rings (SSSR count). The van der Waals surface area contributed by atoms with Gasteiger partial charge in [-0.25, -0.2) is 4.39 Å². The van der Waals surface area contributed by atoms with E-state index in [9.17, 15) is 9.18 Å². The van der Waals surface area contributed by atoms with Gasteiger partial charge < -0.3 is 0 Å². The average molecular weight is 318 g/mol. The van der Waals surface area contributed by atoms with Gasteiger partial charge in [0.25, 0.3) is 0 Å². The van der Waals surface area contributed by atoms with Gasteiger partial charge in [0, 0.05) is 17.0 Å². The lowest BCUT2D eigenvalue weighted by Gasteiger charge is -2.08. The SMILES string of the molecule is O=C(c1ccc(F)cc1)c1cc(Cl)c(Cl)cc1CCl. The van der Waals surface area contributed by atoms with Crippen LogP contribution in [0.4, 0.5) is 4.39 Å². The molecule has 98 valence electrons. The van der Waals surface area contributed by atoms with Gasteiger partial charge in [0.15, 0.2) is 5.78 Å². The Hall–Kier alpha value is -1.09. The summed E-state index contributed by atoms with van der Waals surface area (Å²) in [4.78, 5) is 12.3. The highest BCUT2D eigenvalue weighted by atomic mass is 35.5. The first-order valence-corrected chi connectivity index (χ1v) is 6.66. The van der Waals surface area contributed by atoms with E-state index in [-0.39, 0.29) is 16.7 Å². The van der Waals surface area contributed by atoms with Crippen molar-refractivity contribution in [1.29, 1.82) is 0 Å². The zero-order chi connectivity index (χ0) is 14.0. The number of rotatable bonds is 3.